The van der Waals surface area contributed by atoms with Crippen LogP contribution in [0.15, 0.2) is 78.5 Å². The molecule has 0 aliphatic heterocycles. The second-order valence-corrected chi connectivity index (χ2v) is 6.91. The molecule has 2 aromatic carbocycles. The highest BCUT2D eigenvalue weighted by molar-refractivity contribution is 7.98. The third-order valence-corrected chi connectivity index (χ3v) is 5.15. The molecule has 4 aromatic rings. The summed E-state index contributed by atoms with van der Waals surface area (Å²) in [6.07, 6.45) is 1.76. The van der Waals surface area contributed by atoms with E-state index in [1.807, 2.05) is 34.9 Å². The zero-order valence-corrected chi connectivity index (χ0v) is 15.4. The van der Waals surface area contributed by atoms with Crippen molar-refractivity contribution in [2.75, 3.05) is 0 Å². The number of nitrogens with zero attached hydrogens (tertiary/aromatic N) is 4. The molecule has 0 saturated heterocycles. The maximum Gasteiger partial charge on any atom is 0.192 e. The van der Waals surface area contributed by atoms with Crippen LogP contribution in [0, 0.1) is 5.82 Å². The molecule has 2 heterocycles. The molecule has 0 radical (unpaired) electrons. The van der Waals surface area contributed by atoms with E-state index in [0.29, 0.717) is 28.8 Å². The maximum absolute atomic E-state index is 14.2. The van der Waals surface area contributed by atoms with Gasteiger partial charge in [-0.15, -0.1) is 16.8 Å². The molecule has 4 nitrogen and oxygen atoms in total. The Labute approximate surface area is 160 Å². The van der Waals surface area contributed by atoms with Gasteiger partial charge < -0.3 is 0 Å². The Morgan fingerprint density at radius 1 is 1.00 bits per heavy atom. The van der Waals surface area contributed by atoms with E-state index in [9.17, 15) is 4.39 Å². The van der Waals surface area contributed by atoms with Crippen molar-refractivity contribution in [2.45, 2.75) is 17.5 Å². The third kappa shape index (κ3) is 3.61. The first kappa shape index (κ1) is 17.4. The van der Waals surface area contributed by atoms with Gasteiger partial charge in [0.1, 0.15) is 5.82 Å². The summed E-state index contributed by atoms with van der Waals surface area (Å²) in [5, 5.41) is 10.3. The lowest BCUT2D eigenvalue weighted by atomic mass is 10.2. The summed E-state index contributed by atoms with van der Waals surface area (Å²) in [6, 6.07) is 18.7. The van der Waals surface area contributed by atoms with E-state index in [1.54, 1.807) is 24.3 Å². The van der Waals surface area contributed by atoms with Crippen molar-refractivity contribution in [3.63, 3.8) is 0 Å². The van der Waals surface area contributed by atoms with Gasteiger partial charge in [0.2, 0.25) is 0 Å². The molecule has 0 aliphatic rings. The van der Waals surface area contributed by atoms with Crippen LogP contribution in [-0.4, -0.2) is 19.7 Å². The Bertz CT molecular complexity index is 1110. The first-order valence-corrected chi connectivity index (χ1v) is 9.51. The van der Waals surface area contributed by atoms with Crippen LogP contribution in [0.1, 0.15) is 5.69 Å². The number of aromatic nitrogens is 4. The Morgan fingerprint density at radius 2 is 1.81 bits per heavy atom. The highest BCUT2D eigenvalue weighted by atomic mass is 32.2. The molecule has 0 bridgehead atoms. The first-order chi connectivity index (χ1) is 13.3. The van der Waals surface area contributed by atoms with Gasteiger partial charge in [0.25, 0.3) is 0 Å². The highest BCUT2D eigenvalue weighted by Gasteiger charge is 2.16. The number of fused-ring (bicyclic) bond motifs is 1. The second-order valence-electron chi connectivity index (χ2n) is 5.97. The maximum atomic E-state index is 14.2. The van der Waals surface area contributed by atoms with Crippen molar-refractivity contribution in [3.8, 4) is 11.4 Å². The SMILES string of the molecule is C=CCn1c(SCc2ccc3ccccc3n2)nnc1-c1ccccc1F. The van der Waals surface area contributed by atoms with E-state index >= 15 is 0 Å². The Kier molecular flexibility index (Phi) is 4.98. The van der Waals surface area contributed by atoms with E-state index in [2.05, 4.69) is 27.8 Å². The molecule has 4 rings (SSSR count). The van der Waals surface area contributed by atoms with Gasteiger partial charge in [-0.3, -0.25) is 9.55 Å². The van der Waals surface area contributed by atoms with Crippen LogP contribution in [0.25, 0.3) is 22.3 Å². The fraction of sp³-hybridized carbons (Fsp3) is 0.0952. The van der Waals surface area contributed by atoms with Gasteiger partial charge in [-0.1, -0.05) is 54.2 Å². The average Bonchev–Trinajstić information content (AvgIpc) is 3.09. The zero-order valence-electron chi connectivity index (χ0n) is 14.5. The van der Waals surface area contributed by atoms with Crippen molar-refractivity contribution in [2.24, 2.45) is 0 Å². The van der Waals surface area contributed by atoms with Crippen molar-refractivity contribution in [1.29, 1.82) is 0 Å². The summed E-state index contributed by atoms with van der Waals surface area (Å²) in [7, 11) is 0. The van der Waals surface area contributed by atoms with Gasteiger partial charge in [-0.25, -0.2) is 4.39 Å². The highest BCUT2D eigenvalue weighted by Crippen LogP contribution is 2.28. The second kappa shape index (κ2) is 7.72. The quantitative estimate of drug-likeness (QED) is 0.346. The number of hydrogen-bond acceptors (Lipinski definition) is 4. The van der Waals surface area contributed by atoms with E-state index in [4.69, 9.17) is 0 Å². The van der Waals surface area contributed by atoms with Crippen molar-refractivity contribution >= 4 is 22.7 Å². The van der Waals surface area contributed by atoms with Gasteiger partial charge in [0.15, 0.2) is 11.0 Å². The molecular weight excluding hydrogens is 359 g/mol. The van der Waals surface area contributed by atoms with Crippen LogP contribution in [0.2, 0.25) is 0 Å². The van der Waals surface area contributed by atoms with Gasteiger partial charge in [0, 0.05) is 17.7 Å². The monoisotopic (exact) mass is 376 g/mol. The lowest BCUT2D eigenvalue weighted by molar-refractivity contribution is 0.626. The number of thioether (sulfide) groups is 1. The molecule has 0 aliphatic carbocycles. The minimum atomic E-state index is -0.317. The summed E-state index contributed by atoms with van der Waals surface area (Å²) in [6.45, 7) is 4.30. The standard InChI is InChI=1S/C21H17FN4S/c1-2-13-26-20(17-8-4-5-9-18(17)22)24-25-21(26)27-14-16-12-11-15-7-3-6-10-19(15)23-16/h2-12H,1,13-14H2. The van der Waals surface area contributed by atoms with Crippen LogP contribution in [0.4, 0.5) is 4.39 Å². The van der Waals surface area contributed by atoms with Crippen LogP contribution >= 0.6 is 11.8 Å². The van der Waals surface area contributed by atoms with Gasteiger partial charge in [-0.05, 0) is 24.3 Å². The first-order valence-electron chi connectivity index (χ1n) is 8.53. The van der Waals surface area contributed by atoms with E-state index in [-0.39, 0.29) is 5.82 Å². The predicted molar refractivity (Wildman–Crippen MR) is 107 cm³/mol. The van der Waals surface area contributed by atoms with Crippen LogP contribution < -0.4 is 0 Å². The van der Waals surface area contributed by atoms with Gasteiger partial charge >= 0.3 is 0 Å². The van der Waals surface area contributed by atoms with Crippen LogP contribution in [-0.2, 0) is 12.3 Å². The van der Waals surface area contributed by atoms with Crippen molar-refractivity contribution < 1.29 is 4.39 Å². The van der Waals surface area contributed by atoms with E-state index in [0.717, 1.165) is 16.6 Å². The summed E-state index contributed by atoms with van der Waals surface area (Å²) < 4.78 is 16.1. The normalized spacial score (nSPS) is 11.0. The Hall–Kier alpha value is -2.99. The molecule has 0 N–H and O–H groups in total. The summed E-state index contributed by atoms with van der Waals surface area (Å²) >= 11 is 1.53. The zero-order chi connectivity index (χ0) is 18.6. The molecule has 0 saturated carbocycles. The fourth-order valence-corrected chi connectivity index (χ4v) is 3.71. The summed E-state index contributed by atoms with van der Waals surface area (Å²) in [4.78, 5) is 4.69. The lowest BCUT2D eigenvalue weighted by Crippen LogP contribution is -2.02. The number of allylic oxidation sites excluding steroid dienone is 1. The molecule has 27 heavy (non-hydrogen) atoms. The van der Waals surface area contributed by atoms with Crippen LogP contribution in [0.3, 0.4) is 0 Å². The number of benzene rings is 2. The Morgan fingerprint density at radius 3 is 2.67 bits per heavy atom. The molecule has 6 heteroatoms. The Balaban J connectivity index is 1.61. The van der Waals surface area contributed by atoms with Gasteiger partial charge in [-0.2, -0.15) is 0 Å². The number of hydrogen-bond donors (Lipinski definition) is 0. The molecule has 0 spiro atoms. The minimum absolute atomic E-state index is 0.317. The fourth-order valence-electron chi connectivity index (χ4n) is 2.86. The topological polar surface area (TPSA) is 43.6 Å². The smallest absolute Gasteiger partial charge is 0.192 e. The lowest BCUT2D eigenvalue weighted by Gasteiger charge is -2.08. The summed E-state index contributed by atoms with van der Waals surface area (Å²) in [5.41, 5.74) is 2.36. The summed E-state index contributed by atoms with van der Waals surface area (Å²) in [5.74, 6) is 0.835. The number of pyridine rings is 1. The van der Waals surface area contributed by atoms with Crippen molar-refractivity contribution in [1.82, 2.24) is 19.7 Å². The molecule has 0 amide bonds. The average molecular weight is 376 g/mol. The number of halogens is 1. The molecule has 0 fully saturated rings. The van der Waals surface area contributed by atoms with Gasteiger partial charge in [0.05, 0.1) is 16.8 Å². The minimum Gasteiger partial charge on any atom is -0.298 e. The molecule has 2 aromatic heterocycles. The molecule has 0 atom stereocenters. The van der Waals surface area contributed by atoms with E-state index < -0.39 is 0 Å². The van der Waals surface area contributed by atoms with E-state index in [1.165, 1.54) is 17.8 Å². The molecule has 134 valence electrons. The van der Waals surface area contributed by atoms with Crippen molar-refractivity contribution in [3.05, 3.63) is 84.8 Å². The number of para-hydroxylation sites is 1. The largest absolute Gasteiger partial charge is 0.298 e. The predicted octanol–water partition coefficient (Wildman–Crippen LogP) is 5.11. The number of rotatable bonds is 6. The van der Waals surface area contributed by atoms with Crippen LogP contribution in [0.5, 0.6) is 0 Å². The molecular formula is C21H17FN4S. The molecule has 0 unspecified atom stereocenters. The third-order valence-electron chi connectivity index (χ3n) is 4.15.